The van der Waals surface area contributed by atoms with Crippen LogP contribution in [0.15, 0.2) is 23.2 Å². The first-order chi connectivity index (χ1) is 14.2. The van der Waals surface area contributed by atoms with Crippen LogP contribution >= 0.6 is 24.0 Å². The van der Waals surface area contributed by atoms with E-state index in [4.69, 9.17) is 0 Å². The van der Waals surface area contributed by atoms with Crippen molar-refractivity contribution in [1.29, 1.82) is 0 Å². The van der Waals surface area contributed by atoms with E-state index in [9.17, 15) is 17.2 Å². The first-order valence-electron chi connectivity index (χ1n) is 10.3. The summed E-state index contributed by atoms with van der Waals surface area (Å²) in [7, 11) is 0.350. The molecule has 1 aromatic rings. The number of piperidine rings is 1. The zero-order valence-electron chi connectivity index (χ0n) is 18.6. The van der Waals surface area contributed by atoms with Crippen LogP contribution < -0.4 is 10.6 Å². The molecule has 1 aromatic carbocycles. The Morgan fingerprint density at radius 2 is 1.81 bits per heavy atom. The predicted molar refractivity (Wildman–Crippen MR) is 131 cm³/mol. The number of halogens is 3. The first-order valence-corrected chi connectivity index (χ1v) is 11.9. The topological polar surface area (TPSA) is 77.0 Å². The van der Waals surface area contributed by atoms with Crippen LogP contribution in [0.25, 0.3) is 0 Å². The van der Waals surface area contributed by atoms with Crippen LogP contribution in [-0.2, 0) is 10.0 Å². The van der Waals surface area contributed by atoms with Gasteiger partial charge >= 0.3 is 0 Å². The minimum absolute atomic E-state index is 0. The monoisotopic (exact) mass is 573 g/mol. The minimum atomic E-state index is -3.17. The SMILES string of the molecule is CCNC(=NCC(c1c(F)cccc1F)N(C)C)NC1CCN(S(=O)(=O)CC)CC1.I. The molecule has 11 heteroatoms. The molecule has 31 heavy (non-hydrogen) atoms. The highest BCUT2D eigenvalue weighted by molar-refractivity contribution is 14.0. The zero-order chi connectivity index (χ0) is 22.3. The largest absolute Gasteiger partial charge is 0.357 e. The van der Waals surface area contributed by atoms with Crippen molar-refractivity contribution in [2.75, 3.05) is 46.0 Å². The standard InChI is InChI=1S/C20H33F2N5O2S.HI/c1-5-23-20(25-15-10-12-27(13-11-15)30(28,29)6-2)24-14-18(26(3)4)19-16(21)8-7-9-17(19)22;/h7-9,15,18H,5-6,10-14H2,1-4H3,(H2,23,24,25);1H. The number of sulfonamides is 1. The van der Waals surface area contributed by atoms with E-state index in [2.05, 4.69) is 15.6 Å². The van der Waals surface area contributed by atoms with Crippen molar-refractivity contribution in [3.8, 4) is 0 Å². The van der Waals surface area contributed by atoms with Gasteiger partial charge in [-0.05, 0) is 52.9 Å². The smallest absolute Gasteiger partial charge is 0.213 e. The molecule has 1 unspecified atom stereocenters. The van der Waals surface area contributed by atoms with Gasteiger partial charge in [-0.15, -0.1) is 24.0 Å². The second-order valence-corrected chi connectivity index (χ2v) is 9.81. The van der Waals surface area contributed by atoms with Crippen LogP contribution in [0.5, 0.6) is 0 Å². The molecular weight excluding hydrogens is 539 g/mol. The number of benzene rings is 1. The van der Waals surface area contributed by atoms with Crippen molar-refractivity contribution in [1.82, 2.24) is 19.8 Å². The predicted octanol–water partition coefficient (Wildman–Crippen LogP) is 2.55. The molecule has 1 aliphatic rings. The van der Waals surface area contributed by atoms with E-state index in [-0.39, 0.29) is 47.9 Å². The molecule has 1 saturated heterocycles. The molecule has 2 N–H and O–H groups in total. The minimum Gasteiger partial charge on any atom is -0.357 e. The van der Waals surface area contributed by atoms with Crippen molar-refractivity contribution in [3.63, 3.8) is 0 Å². The van der Waals surface area contributed by atoms with E-state index in [1.54, 1.807) is 25.9 Å². The Kier molecular flexibility index (Phi) is 11.6. The van der Waals surface area contributed by atoms with E-state index >= 15 is 0 Å². The highest BCUT2D eigenvalue weighted by Crippen LogP contribution is 2.24. The maximum Gasteiger partial charge on any atom is 0.213 e. The Morgan fingerprint density at radius 3 is 2.29 bits per heavy atom. The summed E-state index contributed by atoms with van der Waals surface area (Å²) in [5, 5.41) is 6.49. The Labute approximate surface area is 201 Å². The zero-order valence-corrected chi connectivity index (χ0v) is 21.7. The van der Waals surface area contributed by atoms with Gasteiger partial charge < -0.3 is 15.5 Å². The van der Waals surface area contributed by atoms with E-state index < -0.39 is 27.7 Å². The molecular formula is C20H34F2IN5O2S. The normalized spacial score (nSPS) is 17.3. The van der Waals surface area contributed by atoms with E-state index in [1.165, 1.54) is 22.5 Å². The fraction of sp³-hybridized carbons (Fsp3) is 0.650. The number of hydrogen-bond donors (Lipinski definition) is 2. The number of rotatable bonds is 8. The molecule has 0 radical (unpaired) electrons. The highest BCUT2D eigenvalue weighted by Gasteiger charge is 2.27. The fourth-order valence-corrected chi connectivity index (χ4v) is 4.63. The molecule has 0 bridgehead atoms. The van der Waals surface area contributed by atoms with Gasteiger partial charge in [0.15, 0.2) is 5.96 Å². The molecule has 0 spiro atoms. The van der Waals surface area contributed by atoms with Crippen molar-refractivity contribution < 1.29 is 17.2 Å². The summed E-state index contributed by atoms with van der Waals surface area (Å²) >= 11 is 0. The van der Waals surface area contributed by atoms with Crippen LogP contribution in [0.3, 0.4) is 0 Å². The molecule has 0 saturated carbocycles. The van der Waals surface area contributed by atoms with Crippen molar-refractivity contribution in [2.24, 2.45) is 4.99 Å². The van der Waals surface area contributed by atoms with Gasteiger partial charge in [-0.3, -0.25) is 4.99 Å². The Bertz CT molecular complexity index is 811. The van der Waals surface area contributed by atoms with E-state index in [1.807, 2.05) is 6.92 Å². The average molecular weight is 573 g/mol. The molecule has 0 aromatic heterocycles. The summed E-state index contributed by atoms with van der Waals surface area (Å²) in [6.07, 6.45) is 1.34. The van der Waals surface area contributed by atoms with Gasteiger partial charge in [0.25, 0.3) is 0 Å². The second-order valence-electron chi connectivity index (χ2n) is 7.55. The summed E-state index contributed by atoms with van der Waals surface area (Å²) in [5.74, 6) is -0.524. The summed E-state index contributed by atoms with van der Waals surface area (Å²) < 4.78 is 54.1. The van der Waals surface area contributed by atoms with E-state index in [0.717, 1.165) is 0 Å². The van der Waals surface area contributed by atoms with E-state index in [0.29, 0.717) is 38.4 Å². The number of aliphatic imine (C=N–C) groups is 1. The fourth-order valence-electron chi connectivity index (χ4n) is 3.49. The number of guanidine groups is 1. The molecule has 178 valence electrons. The summed E-state index contributed by atoms with van der Waals surface area (Å²) in [5.41, 5.74) is 0.000166. The van der Waals surface area contributed by atoms with Crippen molar-refractivity contribution in [3.05, 3.63) is 35.4 Å². The Balaban J connectivity index is 0.00000480. The molecule has 7 nitrogen and oxygen atoms in total. The molecule has 1 fully saturated rings. The summed E-state index contributed by atoms with van der Waals surface area (Å²) in [4.78, 5) is 6.30. The quantitative estimate of drug-likeness (QED) is 0.284. The molecule has 2 rings (SSSR count). The average Bonchev–Trinajstić information content (AvgIpc) is 2.70. The van der Waals surface area contributed by atoms with Gasteiger partial charge in [-0.25, -0.2) is 21.5 Å². The molecule has 0 amide bonds. The van der Waals surface area contributed by atoms with Gasteiger partial charge in [-0.1, -0.05) is 6.07 Å². The Morgan fingerprint density at radius 1 is 1.23 bits per heavy atom. The highest BCUT2D eigenvalue weighted by atomic mass is 127. The maximum absolute atomic E-state index is 14.3. The summed E-state index contributed by atoms with van der Waals surface area (Å²) in [6, 6.07) is 3.37. The van der Waals surface area contributed by atoms with Crippen LogP contribution in [0, 0.1) is 11.6 Å². The molecule has 1 atom stereocenters. The molecule has 1 heterocycles. The Hall–Kier alpha value is -1.05. The lowest BCUT2D eigenvalue weighted by atomic mass is 10.0. The lowest BCUT2D eigenvalue weighted by Crippen LogP contribution is -2.50. The molecule has 0 aliphatic carbocycles. The van der Waals surface area contributed by atoms with Crippen LogP contribution in [0.2, 0.25) is 0 Å². The molecule has 1 aliphatic heterocycles. The third-order valence-electron chi connectivity index (χ3n) is 5.28. The number of hydrogen-bond acceptors (Lipinski definition) is 4. The second kappa shape index (κ2) is 12.9. The lowest BCUT2D eigenvalue weighted by Gasteiger charge is -2.32. The lowest BCUT2D eigenvalue weighted by molar-refractivity contribution is 0.288. The van der Waals surface area contributed by atoms with Crippen molar-refractivity contribution in [2.45, 2.75) is 38.8 Å². The van der Waals surface area contributed by atoms with Gasteiger partial charge in [0.05, 0.1) is 18.3 Å². The first kappa shape index (κ1) is 28.0. The van der Waals surface area contributed by atoms with Gasteiger partial charge in [0.1, 0.15) is 11.6 Å². The van der Waals surface area contributed by atoms with Crippen LogP contribution in [-0.4, -0.2) is 75.7 Å². The number of nitrogens with zero attached hydrogens (tertiary/aromatic N) is 3. The maximum atomic E-state index is 14.3. The van der Waals surface area contributed by atoms with Crippen molar-refractivity contribution >= 4 is 40.0 Å². The third-order valence-corrected chi connectivity index (χ3v) is 7.16. The third kappa shape index (κ3) is 7.79. The van der Waals surface area contributed by atoms with Gasteiger partial charge in [0, 0.05) is 31.2 Å². The summed E-state index contributed by atoms with van der Waals surface area (Å²) in [6.45, 7) is 5.32. The van der Waals surface area contributed by atoms with Gasteiger partial charge in [0.2, 0.25) is 10.0 Å². The number of nitrogens with one attached hydrogen (secondary N) is 2. The van der Waals surface area contributed by atoms with Crippen LogP contribution in [0.1, 0.15) is 38.3 Å². The van der Waals surface area contributed by atoms with Crippen LogP contribution in [0.4, 0.5) is 8.78 Å². The van der Waals surface area contributed by atoms with Gasteiger partial charge in [-0.2, -0.15) is 0 Å². The number of likely N-dealkylation sites (N-methyl/N-ethyl adjacent to an activating group) is 1.